The molecular formula is C12H6ClN7O. The number of H-pyrrole nitrogens is 1. The SMILES string of the molecule is Clc1cc(-c2cc(-c3nn[nH]n3)ncn2)cc2ncoc12. The molecule has 0 saturated heterocycles. The van der Waals surface area contributed by atoms with Crippen molar-refractivity contribution in [3.05, 3.63) is 35.9 Å². The van der Waals surface area contributed by atoms with Crippen LogP contribution in [0.15, 0.2) is 35.3 Å². The van der Waals surface area contributed by atoms with E-state index in [1.165, 1.54) is 12.7 Å². The van der Waals surface area contributed by atoms with Crippen LogP contribution in [0.1, 0.15) is 0 Å². The van der Waals surface area contributed by atoms with Gasteiger partial charge in [-0.1, -0.05) is 11.6 Å². The number of aromatic nitrogens is 7. The van der Waals surface area contributed by atoms with Gasteiger partial charge >= 0.3 is 0 Å². The highest BCUT2D eigenvalue weighted by Gasteiger charge is 2.11. The molecule has 3 heterocycles. The molecule has 0 atom stereocenters. The number of tetrazole rings is 1. The number of halogens is 1. The summed E-state index contributed by atoms with van der Waals surface area (Å²) in [5.74, 6) is 0.396. The molecule has 0 unspecified atom stereocenters. The number of aromatic amines is 1. The molecular weight excluding hydrogens is 294 g/mol. The van der Waals surface area contributed by atoms with Crippen molar-refractivity contribution in [2.24, 2.45) is 0 Å². The van der Waals surface area contributed by atoms with Crippen molar-refractivity contribution in [1.29, 1.82) is 0 Å². The molecule has 3 aromatic heterocycles. The van der Waals surface area contributed by atoms with Gasteiger partial charge in [0.15, 0.2) is 12.0 Å². The summed E-state index contributed by atoms with van der Waals surface area (Å²) in [5.41, 5.74) is 3.25. The molecule has 8 nitrogen and oxygen atoms in total. The van der Waals surface area contributed by atoms with Crippen molar-refractivity contribution in [2.45, 2.75) is 0 Å². The first-order valence-electron chi connectivity index (χ1n) is 5.90. The van der Waals surface area contributed by atoms with Crippen LogP contribution in [-0.4, -0.2) is 35.6 Å². The predicted octanol–water partition coefficient (Wildman–Crippen LogP) is 2.12. The van der Waals surface area contributed by atoms with Gasteiger partial charge < -0.3 is 4.42 Å². The van der Waals surface area contributed by atoms with Gasteiger partial charge in [-0.05, 0) is 23.4 Å². The molecule has 0 bridgehead atoms. The van der Waals surface area contributed by atoms with Crippen LogP contribution >= 0.6 is 11.6 Å². The highest BCUT2D eigenvalue weighted by Crippen LogP contribution is 2.30. The fourth-order valence-corrected chi connectivity index (χ4v) is 2.24. The van der Waals surface area contributed by atoms with E-state index in [-0.39, 0.29) is 0 Å². The van der Waals surface area contributed by atoms with Crippen LogP contribution in [0.2, 0.25) is 5.02 Å². The highest BCUT2D eigenvalue weighted by molar-refractivity contribution is 6.35. The van der Waals surface area contributed by atoms with Crippen LogP contribution in [-0.2, 0) is 0 Å². The summed E-state index contributed by atoms with van der Waals surface area (Å²) >= 11 is 6.18. The Morgan fingerprint density at radius 3 is 2.81 bits per heavy atom. The number of nitrogens with one attached hydrogen (secondary N) is 1. The van der Waals surface area contributed by atoms with E-state index in [4.69, 9.17) is 16.0 Å². The Balaban J connectivity index is 1.86. The number of nitrogens with zero attached hydrogens (tertiary/aromatic N) is 6. The van der Waals surface area contributed by atoms with Gasteiger partial charge in [-0.15, -0.1) is 10.2 Å². The second-order valence-corrected chi connectivity index (χ2v) is 4.59. The first-order valence-corrected chi connectivity index (χ1v) is 6.28. The Hall–Kier alpha value is -2.87. The van der Waals surface area contributed by atoms with E-state index in [0.717, 1.165) is 5.56 Å². The van der Waals surface area contributed by atoms with E-state index in [1.54, 1.807) is 12.1 Å². The Morgan fingerprint density at radius 2 is 1.95 bits per heavy atom. The summed E-state index contributed by atoms with van der Waals surface area (Å²) in [4.78, 5) is 12.5. The first-order chi connectivity index (χ1) is 10.3. The molecule has 0 aliphatic rings. The van der Waals surface area contributed by atoms with Gasteiger partial charge in [0, 0.05) is 5.56 Å². The van der Waals surface area contributed by atoms with Crippen LogP contribution in [0.5, 0.6) is 0 Å². The molecule has 21 heavy (non-hydrogen) atoms. The van der Waals surface area contributed by atoms with Crippen molar-refractivity contribution in [3.8, 4) is 22.8 Å². The van der Waals surface area contributed by atoms with Gasteiger partial charge in [-0.25, -0.2) is 15.0 Å². The maximum absolute atomic E-state index is 6.18. The maximum atomic E-state index is 6.18. The molecule has 4 rings (SSSR count). The molecule has 9 heteroatoms. The van der Waals surface area contributed by atoms with Crippen LogP contribution < -0.4 is 0 Å². The maximum Gasteiger partial charge on any atom is 0.223 e. The monoisotopic (exact) mass is 299 g/mol. The van der Waals surface area contributed by atoms with E-state index >= 15 is 0 Å². The first kappa shape index (κ1) is 11.9. The summed E-state index contributed by atoms with van der Waals surface area (Å²) in [5, 5.41) is 14.1. The zero-order chi connectivity index (χ0) is 14.2. The predicted molar refractivity (Wildman–Crippen MR) is 73.2 cm³/mol. The average molecular weight is 300 g/mol. The van der Waals surface area contributed by atoms with E-state index in [1.807, 2.05) is 6.07 Å². The minimum atomic E-state index is 0.396. The van der Waals surface area contributed by atoms with Crippen LogP contribution in [0, 0.1) is 0 Å². The highest BCUT2D eigenvalue weighted by atomic mass is 35.5. The third-order valence-electron chi connectivity index (χ3n) is 2.92. The molecule has 0 saturated carbocycles. The molecule has 102 valence electrons. The van der Waals surface area contributed by atoms with Crippen LogP contribution in [0.4, 0.5) is 0 Å². The molecule has 0 aliphatic heterocycles. The number of hydrogen-bond acceptors (Lipinski definition) is 7. The molecule has 4 aromatic rings. The number of rotatable bonds is 2. The second-order valence-electron chi connectivity index (χ2n) is 4.18. The van der Waals surface area contributed by atoms with Crippen molar-refractivity contribution in [3.63, 3.8) is 0 Å². The molecule has 0 radical (unpaired) electrons. The Morgan fingerprint density at radius 1 is 1.05 bits per heavy atom. The third-order valence-corrected chi connectivity index (χ3v) is 3.20. The Bertz CT molecular complexity index is 918. The standard InChI is InChI=1S/C12H6ClN7O/c13-7-1-6(2-9-11(7)21-5-16-9)8-3-10(15-4-14-8)12-17-19-20-18-12/h1-5H,(H,17,18,19,20). The van der Waals surface area contributed by atoms with Gasteiger partial charge in [0.2, 0.25) is 5.82 Å². The topological polar surface area (TPSA) is 106 Å². The Labute approximate surface area is 122 Å². The smallest absolute Gasteiger partial charge is 0.223 e. The lowest BCUT2D eigenvalue weighted by Crippen LogP contribution is -1.91. The number of oxazole rings is 1. The molecule has 1 N–H and O–H groups in total. The van der Waals surface area contributed by atoms with E-state index in [0.29, 0.717) is 33.3 Å². The molecule has 0 spiro atoms. The van der Waals surface area contributed by atoms with Crippen molar-refractivity contribution in [1.82, 2.24) is 35.6 Å². The molecule has 0 aliphatic carbocycles. The Kier molecular flexibility index (Phi) is 2.61. The third kappa shape index (κ3) is 2.01. The summed E-state index contributed by atoms with van der Waals surface area (Å²) in [6.45, 7) is 0. The second kappa shape index (κ2) is 4.60. The quantitative estimate of drug-likeness (QED) is 0.604. The minimum Gasteiger partial charge on any atom is -0.442 e. The number of benzene rings is 1. The number of hydrogen-bond donors (Lipinski definition) is 1. The summed E-state index contributed by atoms with van der Waals surface area (Å²) in [6, 6.07) is 5.35. The normalized spacial score (nSPS) is 11.1. The van der Waals surface area contributed by atoms with E-state index in [2.05, 4.69) is 35.6 Å². The van der Waals surface area contributed by atoms with Gasteiger partial charge in [0.25, 0.3) is 0 Å². The largest absolute Gasteiger partial charge is 0.442 e. The zero-order valence-electron chi connectivity index (χ0n) is 10.4. The average Bonchev–Trinajstić information content (AvgIpc) is 3.19. The van der Waals surface area contributed by atoms with Crippen LogP contribution in [0.25, 0.3) is 33.9 Å². The van der Waals surface area contributed by atoms with Crippen molar-refractivity contribution < 1.29 is 4.42 Å². The summed E-state index contributed by atoms with van der Waals surface area (Å²) in [6.07, 6.45) is 2.78. The number of fused-ring (bicyclic) bond motifs is 1. The van der Waals surface area contributed by atoms with E-state index < -0.39 is 0 Å². The van der Waals surface area contributed by atoms with Gasteiger partial charge in [-0.2, -0.15) is 5.21 Å². The zero-order valence-corrected chi connectivity index (χ0v) is 11.1. The minimum absolute atomic E-state index is 0.396. The molecule has 0 amide bonds. The fourth-order valence-electron chi connectivity index (χ4n) is 1.98. The van der Waals surface area contributed by atoms with Gasteiger partial charge in [-0.3, -0.25) is 0 Å². The summed E-state index contributed by atoms with van der Waals surface area (Å²) in [7, 11) is 0. The van der Waals surface area contributed by atoms with E-state index in [9.17, 15) is 0 Å². The van der Waals surface area contributed by atoms with Crippen molar-refractivity contribution in [2.75, 3.05) is 0 Å². The van der Waals surface area contributed by atoms with Crippen molar-refractivity contribution >= 4 is 22.7 Å². The molecule has 1 aromatic carbocycles. The van der Waals surface area contributed by atoms with Crippen LogP contribution in [0.3, 0.4) is 0 Å². The molecule has 0 fully saturated rings. The lowest BCUT2D eigenvalue weighted by Gasteiger charge is -2.02. The van der Waals surface area contributed by atoms with Gasteiger partial charge in [0.1, 0.15) is 17.5 Å². The summed E-state index contributed by atoms with van der Waals surface area (Å²) < 4.78 is 5.21. The fraction of sp³-hybridized carbons (Fsp3) is 0. The lowest BCUT2D eigenvalue weighted by atomic mass is 10.1. The lowest BCUT2D eigenvalue weighted by molar-refractivity contribution is 0.602. The van der Waals surface area contributed by atoms with Gasteiger partial charge in [0.05, 0.1) is 10.7 Å².